The van der Waals surface area contributed by atoms with Gasteiger partial charge in [0.15, 0.2) is 6.10 Å². The minimum absolute atomic E-state index is 0.166. The summed E-state index contributed by atoms with van der Waals surface area (Å²) < 4.78 is 32.7. The zero-order valence-electron chi connectivity index (χ0n) is 10.6. The second-order valence-corrected chi connectivity index (χ2v) is 4.01. The molecule has 1 rings (SSSR count). The molecule has 1 unspecified atom stereocenters. The SMILES string of the molecule is C#Cc1ccc(OC(C)C(=O)O)c(C(F)(F)CC)c1. The number of hydrogen-bond acceptors (Lipinski definition) is 2. The first-order chi connectivity index (χ1) is 8.81. The fourth-order valence-corrected chi connectivity index (χ4v) is 1.44. The lowest BCUT2D eigenvalue weighted by Crippen LogP contribution is -2.25. The molecule has 1 N–H and O–H groups in total. The molecule has 1 atom stereocenters. The van der Waals surface area contributed by atoms with E-state index in [4.69, 9.17) is 16.3 Å². The molecule has 0 amide bonds. The Morgan fingerprint density at radius 1 is 1.58 bits per heavy atom. The van der Waals surface area contributed by atoms with Crippen molar-refractivity contribution in [3.63, 3.8) is 0 Å². The van der Waals surface area contributed by atoms with Gasteiger partial charge in [0, 0.05) is 12.0 Å². The van der Waals surface area contributed by atoms with Crippen LogP contribution in [-0.4, -0.2) is 17.2 Å². The molecule has 0 aromatic heterocycles. The van der Waals surface area contributed by atoms with Crippen molar-refractivity contribution in [3.05, 3.63) is 29.3 Å². The Kier molecular flexibility index (Phi) is 4.49. The van der Waals surface area contributed by atoms with E-state index in [9.17, 15) is 13.6 Å². The molecule has 0 aliphatic heterocycles. The van der Waals surface area contributed by atoms with Gasteiger partial charge in [0.1, 0.15) is 5.75 Å². The highest BCUT2D eigenvalue weighted by Gasteiger charge is 2.33. The van der Waals surface area contributed by atoms with E-state index in [1.54, 1.807) is 0 Å². The van der Waals surface area contributed by atoms with Crippen LogP contribution in [0.5, 0.6) is 5.75 Å². The van der Waals surface area contributed by atoms with Crippen LogP contribution in [0.1, 0.15) is 31.4 Å². The van der Waals surface area contributed by atoms with Gasteiger partial charge in [-0.25, -0.2) is 13.6 Å². The van der Waals surface area contributed by atoms with Crippen molar-refractivity contribution in [2.24, 2.45) is 0 Å². The quantitative estimate of drug-likeness (QED) is 0.835. The number of carboxylic acid groups (broad SMARTS) is 1. The number of ether oxygens (including phenoxy) is 1. The van der Waals surface area contributed by atoms with Crippen LogP contribution >= 0.6 is 0 Å². The predicted molar refractivity (Wildman–Crippen MR) is 66.3 cm³/mol. The third-order valence-corrected chi connectivity index (χ3v) is 2.64. The Morgan fingerprint density at radius 2 is 2.21 bits per heavy atom. The third-order valence-electron chi connectivity index (χ3n) is 2.64. The fourth-order valence-electron chi connectivity index (χ4n) is 1.44. The lowest BCUT2D eigenvalue weighted by atomic mass is 10.0. The smallest absolute Gasteiger partial charge is 0.344 e. The van der Waals surface area contributed by atoms with E-state index in [1.807, 2.05) is 0 Å². The molecule has 0 saturated carbocycles. The minimum Gasteiger partial charge on any atom is -0.479 e. The molecule has 0 aliphatic carbocycles. The third kappa shape index (κ3) is 3.44. The number of benzene rings is 1. The van der Waals surface area contributed by atoms with Crippen LogP contribution in [0.3, 0.4) is 0 Å². The maximum absolute atomic E-state index is 13.8. The van der Waals surface area contributed by atoms with E-state index < -0.39 is 30.0 Å². The molecule has 1 aromatic rings. The van der Waals surface area contributed by atoms with Gasteiger partial charge in [-0.2, -0.15) is 0 Å². The number of carbonyl (C=O) groups is 1. The number of halogens is 2. The summed E-state index contributed by atoms with van der Waals surface area (Å²) in [5, 5.41) is 8.75. The molecule has 0 radical (unpaired) electrons. The van der Waals surface area contributed by atoms with E-state index in [1.165, 1.54) is 26.0 Å². The zero-order chi connectivity index (χ0) is 14.6. The van der Waals surface area contributed by atoms with Crippen LogP contribution in [0.25, 0.3) is 0 Å². The lowest BCUT2D eigenvalue weighted by molar-refractivity contribution is -0.144. The van der Waals surface area contributed by atoms with Gasteiger partial charge < -0.3 is 9.84 Å². The second-order valence-electron chi connectivity index (χ2n) is 4.01. The number of aliphatic carboxylic acids is 1. The lowest BCUT2D eigenvalue weighted by Gasteiger charge is -2.20. The molecular formula is C14H14F2O3. The summed E-state index contributed by atoms with van der Waals surface area (Å²) in [4.78, 5) is 10.7. The van der Waals surface area contributed by atoms with Crippen LogP contribution in [0.2, 0.25) is 0 Å². The maximum atomic E-state index is 13.8. The van der Waals surface area contributed by atoms with Crippen LogP contribution in [-0.2, 0) is 10.7 Å². The van der Waals surface area contributed by atoms with Crippen LogP contribution < -0.4 is 4.74 Å². The zero-order valence-corrected chi connectivity index (χ0v) is 10.6. The molecule has 0 aliphatic rings. The average molecular weight is 268 g/mol. The number of alkyl halides is 2. The molecule has 0 bridgehead atoms. The first-order valence-corrected chi connectivity index (χ1v) is 5.70. The van der Waals surface area contributed by atoms with Crippen LogP contribution in [0, 0.1) is 12.3 Å². The van der Waals surface area contributed by atoms with E-state index in [2.05, 4.69) is 5.92 Å². The van der Waals surface area contributed by atoms with Crippen molar-refractivity contribution in [3.8, 4) is 18.1 Å². The normalized spacial score (nSPS) is 12.6. The monoisotopic (exact) mass is 268 g/mol. The Labute approximate surface area is 110 Å². The molecule has 5 heteroatoms. The first kappa shape index (κ1) is 15.0. The number of rotatable bonds is 5. The Bertz CT molecular complexity index is 518. The van der Waals surface area contributed by atoms with E-state index >= 15 is 0 Å². The first-order valence-electron chi connectivity index (χ1n) is 5.70. The van der Waals surface area contributed by atoms with Gasteiger partial charge in [-0.15, -0.1) is 6.42 Å². The number of terminal acetylenes is 1. The molecule has 0 heterocycles. The highest BCUT2D eigenvalue weighted by molar-refractivity contribution is 5.72. The van der Waals surface area contributed by atoms with E-state index in [0.29, 0.717) is 5.56 Å². The summed E-state index contributed by atoms with van der Waals surface area (Å²) in [6.07, 6.45) is 3.52. The molecule has 102 valence electrons. The molecule has 1 aromatic carbocycles. The average Bonchev–Trinajstić information content (AvgIpc) is 2.38. The number of carboxylic acids is 1. The van der Waals surface area contributed by atoms with Crippen molar-refractivity contribution >= 4 is 5.97 Å². The topological polar surface area (TPSA) is 46.5 Å². The molecular weight excluding hydrogens is 254 g/mol. The van der Waals surface area contributed by atoms with Crippen LogP contribution in [0.15, 0.2) is 18.2 Å². The van der Waals surface area contributed by atoms with Gasteiger partial charge in [-0.3, -0.25) is 0 Å². The predicted octanol–water partition coefficient (Wildman–Crippen LogP) is 3.02. The summed E-state index contributed by atoms with van der Waals surface area (Å²) in [7, 11) is 0. The summed E-state index contributed by atoms with van der Waals surface area (Å²) >= 11 is 0. The largest absolute Gasteiger partial charge is 0.479 e. The highest BCUT2D eigenvalue weighted by atomic mass is 19.3. The van der Waals surface area contributed by atoms with Gasteiger partial charge >= 0.3 is 5.97 Å². The Hall–Kier alpha value is -2.09. The number of hydrogen-bond donors (Lipinski definition) is 1. The van der Waals surface area contributed by atoms with Crippen molar-refractivity contribution < 1.29 is 23.4 Å². The van der Waals surface area contributed by atoms with Crippen LogP contribution in [0.4, 0.5) is 8.78 Å². The van der Waals surface area contributed by atoms with Gasteiger partial charge in [-0.05, 0) is 25.1 Å². The standard InChI is InChI=1S/C14H14F2O3/c1-4-10-6-7-12(19-9(3)13(17)18)11(8-10)14(15,16)5-2/h1,6-9H,5H2,2-3H3,(H,17,18). The van der Waals surface area contributed by atoms with E-state index in [-0.39, 0.29) is 5.75 Å². The van der Waals surface area contributed by atoms with Gasteiger partial charge in [0.05, 0.1) is 5.56 Å². The summed E-state index contributed by atoms with van der Waals surface area (Å²) in [6.45, 7) is 2.60. The molecule has 0 spiro atoms. The Balaban J connectivity index is 3.24. The second kappa shape index (κ2) is 5.70. The minimum atomic E-state index is -3.12. The molecule has 0 saturated heterocycles. The van der Waals surface area contributed by atoms with Gasteiger partial charge in [-0.1, -0.05) is 12.8 Å². The summed E-state index contributed by atoms with van der Waals surface area (Å²) in [5.74, 6) is -2.26. The Morgan fingerprint density at radius 3 is 2.68 bits per heavy atom. The van der Waals surface area contributed by atoms with Crippen molar-refractivity contribution in [2.75, 3.05) is 0 Å². The highest BCUT2D eigenvalue weighted by Crippen LogP contribution is 2.38. The molecule has 19 heavy (non-hydrogen) atoms. The van der Waals surface area contributed by atoms with Crippen molar-refractivity contribution in [1.82, 2.24) is 0 Å². The van der Waals surface area contributed by atoms with Crippen molar-refractivity contribution in [2.45, 2.75) is 32.3 Å². The molecule has 3 nitrogen and oxygen atoms in total. The van der Waals surface area contributed by atoms with Crippen molar-refractivity contribution in [1.29, 1.82) is 0 Å². The maximum Gasteiger partial charge on any atom is 0.344 e. The summed E-state index contributed by atoms with van der Waals surface area (Å²) in [6, 6.07) is 3.85. The van der Waals surface area contributed by atoms with Gasteiger partial charge in [0.2, 0.25) is 0 Å². The fraction of sp³-hybridized carbons (Fsp3) is 0.357. The van der Waals surface area contributed by atoms with Gasteiger partial charge in [0.25, 0.3) is 5.92 Å². The van der Waals surface area contributed by atoms with E-state index in [0.717, 1.165) is 6.07 Å². The molecule has 0 fully saturated rings. The summed E-state index contributed by atoms with van der Waals surface area (Å²) in [5.41, 5.74) is -0.1000.